The van der Waals surface area contributed by atoms with Gasteiger partial charge in [-0.3, -0.25) is 9.59 Å². The van der Waals surface area contributed by atoms with Crippen LogP contribution in [-0.2, 0) is 32.0 Å². The number of para-hydroxylation sites is 1. The van der Waals surface area contributed by atoms with Gasteiger partial charge in [-0.2, -0.15) is 0 Å². The first-order valence-electron chi connectivity index (χ1n) is 16.0. The zero-order valence-electron chi connectivity index (χ0n) is 28.7. The van der Waals surface area contributed by atoms with Gasteiger partial charge in [0.2, 0.25) is 11.8 Å². The molecular weight excluding hydrogens is 594 g/mol. The Morgan fingerprint density at radius 1 is 0.809 bits per heavy atom. The number of hydrogen-bond acceptors (Lipinski definition) is 6. The zero-order chi connectivity index (χ0) is 34.6. The molecule has 47 heavy (non-hydrogen) atoms. The van der Waals surface area contributed by atoms with Crippen molar-refractivity contribution in [2.75, 3.05) is 4.90 Å². The molecule has 0 fully saturated rings. The van der Waals surface area contributed by atoms with Crippen LogP contribution in [0.2, 0.25) is 0 Å². The third-order valence-electron chi connectivity index (χ3n) is 7.48. The first kappa shape index (κ1) is 35.2. The number of carbonyl (C=O) groups excluding carboxylic acids is 4. The number of anilines is 1. The summed E-state index contributed by atoms with van der Waals surface area (Å²) in [5, 5.41) is 5.69. The van der Waals surface area contributed by atoms with E-state index in [0.29, 0.717) is 24.9 Å². The number of nitrogens with zero attached hydrogens (tertiary/aromatic N) is 1. The van der Waals surface area contributed by atoms with Gasteiger partial charge in [0.05, 0.1) is 12.1 Å². The maximum atomic E-state index is 14.0. The maximum Gasteiger partial charge on any atom is 0.408 e. The highest BCUT2D eigenvalue weighted by Gasteiger charge is 2.34. The van der Waals surface area contributed by atoms with Crippen LogP contribution in [0.15, 0.2) is 72.8 Å². The first-order valence-corrected chi connectivity index (χ1v) is 16.0. The third-order valence-corrected chi connectivity index (χ3v) is 7.48. The molecule has 3 amide bonds. The van der Waals surface area contributed by atoms with Crippen molar-refractivity contribution in [3.05, 3.63) is 89.5 Å². The van der Waals surface area contributed by atoms with Crippen LogP contribution in [-0.4, -0.2) is 46.7 Å². The summed E-state index contributed by atoms with van der Waals surface area (Å²) in [6.45, 7) is 14.6. The third kappa shape index (κ3) is 9.91. The van der Waals surface area contributed by atoms with Gasteiger partial charge in [0, 0.05) is 17.6 Å². The van der Waals surface area contributed by atoms with Gasteiger partial charge < -0.3 is 25.0 Å². The summed E-state index contributed by atoms with van der Waals surface area (Å²) in [6.07, 6.45) is 0.415. The number of carbonyl (C=O) groups is 4. The Morgan fingerprint density at radius 3 is 2.09 bits per heavy atom. The van der Waals surface area contributed by atoms with Crippen LogP contribution < -0.4 is 15.5 Å². The van der Waals surface area contributed by atoms with Crippen LogP contribution in [0.4, 0.5) is 10.5 Å². The summed E-state index contributed by atoms with van der Waals surface area (Å²) in [5.41, 5.74) is 2.63. The topological polar surface area (TPSA) is 114 Å². The molecule has 0 spiro atoms. The molecule has 3 aromatic rings. The molecule has 9 nitrogen and oxygen atoms in total. The molecule has 0 aromatic heterocycles. The van der Waals surface area contributed by atoms with Crippen molar-refractivity contribution in [3.63, 3.8) is 0 Å². The molecule has 0 aliphatic carbocycles. The van der Waals surface area contributed by atoms with Crippen LogP contribution in [0.3, 0.4) is 0 Å². The lowest BCUT2D eigenvalue weighted by Gasteiger charge is -2.29. The lowest BCUT2D eigenvalue weighted by molar-refractivity contribution is -0.128. The number of esters is 1. The van der Waals surface area contributed by atoms with E-state index in [1.165, 1.54) is 0 Å². The molecular formula is C38H47N3O6. The Hall–Kier alpha value is -4.66. The summed E-state index contributed by atoms with van der Waals surface area (Å²) in [4.78, 5) is 54.2. The van der Waals surface area contributed by atoms with Gasteiger partial charge in [-0.15, -0.1) is 0 Å². The molecule has 250 valence electrons. The average Bonchev–Trinajstić information content (AvgIpc) is 3.07. The zero-order valence-corrected chi connectivity index (χ0v) is 28.7. The number of fused-ring (bicyclic) bond motifs is 1. The quantitative estimate of drug-likeness (QED) is 0.257. The number of ether oxygens (including phenoxy) is 2. The van der Waals surface area contributed by atoms with E-state index >= 15 is 0 Å². The van der Waals surface area contributed by atoms with Crippen LogP contribution in [0.1, 0.15) is 89.7 Å². The van der Waals surface area contributed by atoms with Crippen molar-refractivity contribution in [1.29, 1.82) is 0 Å². The summed E-state index contributed by atoms with van der Waals surface area (Å²) < 4.78 is 11.0. The minimum atomic E-state index is -0.896. The number of amides is 3. The maximum absolute atomic E-state index is 14.0. The summed E-state index contributed by atoms with van der Waals surface area (Å²) in [6, 6.07) is 22.1. The molecule has 0 saturated carbocycles. The monoisotopic (exact) mass is 641 g/mol. The minimum absolute atomic E-state index is 0.0325. The van der Waals surface area contributed by atoms with Crippen LogP contribution in [0.5, 0.6) is 0 Å². The number of alkyl carbamates (subject to hydrolysis) is 1. The Balaban J connectivity index is 1.51. The molecule has 1 aliphatic rings. The van der Waals surface area contributed by atoms with Gasteiger partial charge in [0.25, 0.3) is 0 Å². The molecule has 1 heterocycles. The second-order valence-corrected chi connectivity index (χ2v) is 14.6. The second kappa shape index (κ2) is 14.0. The first-order chi connectivity index (χ1) is 21.9. The van der Waals surface area contributed by atoms with Crippen molar-refractivity contribution >= 4 is 29.6 Å². The molecule has 2 N–H and O–H groups in total. The summed E-state index contributed by atoms with van der Waals surface area (Å²) >= 11 is 0. The van der Waals surface area contributed by atoms with Gasteiger partial charge in [-0.1, -0.05) is 60.7 Å². The Kier molecular flexibility index (Phi) is 10.5. The standard InChI is InChI=1S/C38H47N3O6/c1-36(2,3)46-34(44)29-15-11-10-14-28(29)26-19-17-25(18-20-26)24-41-31-16-12-9-13-27(31)21-22-30(33(41)43)39-32(42)23-38(7,8)40-35(45)47-37(4,5)6/h9-20,30H,21-24H2,1-8H3,(H,39,42)(H,40,45). The molecule has 1 atom stereocenters. The van der Waals surface area contributed by atoms with E-state index < -0.39 is 28.9 Å². The SMILES string of the molecule is CC(C)(CC(=O)NC1CCc2ccccc2N(Cc2ccc(-c3ccccc3C(=O)OC(C)(C)C)cc2)C1=O)NC(=O)OC(C)(C)C. The average molecular weight is 642 g/mol. The Bertz CT molecular complexity index is 1620. The van der Waals surface area contributed by atoms with Crippen LogP contribution in [0.25, 0.3) is 11.1 Å². The molecule has 0 saturated heterocycles. The number of aryl methyl sites for hydroxylation is 1. The van der Waals surface area contributed by atoms with E-state index in [-0.39, 0.29) is 24.2 Å². The molecule has 0 bridgehead atoms. The second-order valence-electron chi connectivity index (χ2n) is 14.6. The van der Waals surface area contributed by atoms with E-state index in [9.17, 15) is 19.2 Å². The highest BCUT2D eigenvalue weighted by Crippen LogP contribution is 2.30. The van der Waals surface area contributed by atoms with E-state index in [0.717, 1.165) is 27.9 Å². The Labute approximate surface area is 278 Å². The molecule has 1 unspecified atom stereocenters. The molecule has 0 radical (unpaired) electrons. The molecule has 1 aliphatic heterocycles. The molecule has 4 rings (SSSR count). The number of benzene rings is 3. The summed E-state index contributed by atoms with van der Waals surface area (Å²) in [5.74, 6) is -0.940. The smallest absolute Gasteiger partial charge is 0.408 e. The van der Waals surface area contributed by atoms with Crippen molar-refractivity contribution < 1.29 is 28.7 Å². The lowest BCUT2D eigenvalue weighted by Crippen LogP contribution is -2.52. The van der Waals surface area contributed by atoms with Crippen molar-refractivity contribution in [2.45, 2.75) is 104 Å². The number of nitrogens with one attached hydrogen (secondary N) is 2. The number of rotatable bonds is 8. The van der Waals surface area contributed by atoms with E-state index in [4.69, 9.17) is 9.47 Å². The minimum Gasteiger partial charge on any atom is -0.456 e. The van der Waals surface area contributed by atoms with Gasteiger partial charge in [0.1, 0.15) is 17.2 Å². The Morgan fingerprint density at radius 2 is 1.43 bits per heavy atom. The van der Waals surface area contributed by atoms with Crippen LogP contribution in [0, 0.1) is 0 Å². The van der Waals surface area contributed by atoms with Crippen molar-refractivity contribution in [3.8, 4) is 11.1 Å². The normalized spacial score (nSPS) is 15.3. The van der Waals surface area contributed by atoms with Gasteiger partial charge in [-0.05, 0) is 103 Å². The summed E-state index contributed by atoms with van der Waals surface area (Å²) in [7, 11) is 0. The molecule has 9 heteroatoms. The molecule has 3 aromatic carbocycles. The van der Waals surface area contributed by atoms with Crippen molar-refractivity contribution in [1.82, 2.24) is 10.6 Å². The van der Waals surface area contributed by atoms with Gasteiger partial charge in [0.15, 0.2) is 0 Å². The fourth-order valence-electron chi connectivity index (χ4n) is 5.50. The predicted molar refractivity (Wildman–Crippen MR) is 183 cm³/mol. The van der Waals surface area contributed by atoms with Crippen molar-refractivity contribution in [2.24, 2.45) is 0 Å². The highest BCUT2D eigenvalue weighted by atomic mass is 16.6. The highest BCUT2D eigenvalue weighted by molar-refractivity contribution is 6.01. The predicted octanol–water partition coefficient (Wildman–Crippen LogP) is 6.97. The van der Waals surface area contributed by atoms with Gasteiger partial charge >= 0.3 is 12.1 Å². The van der Waals surface area contributed by atoms with E-state index in [2.05, 4.69) is 10.6 Å². The lowest BCUT2D eigenvalue weighted by atomic mass is 9.98. The van der Waals surface area contributed by atoms with Crippen LogP contribution >= 0.6 is 0 Å². The fourth-order valence-corrected chi connectivity index (χ4v) is 5.50. The van der Waals surface area contributed by atoms with E-state index in [1.807, 2.05) is 87.5 Å². The van der Waals surface area contributed by atoms with Gasteiger partial charge in [-0.25, -0.2) is 9.59 Å². The fraction of sp³-hybridized carbons (Fsp3) is 0.421. The van der Waals surface area contributed by atoms with E-state index in [1.54, 1.807) is 45.6 Å². The number of hydrogen-bond donors (Lipinski definition) is 2. The largest absolute Gasteiger partial charge is 0.456 e.